The van der Waals surface area contributed by atoms with Crippen molar-refractivity contribution in [1.29, 1.82) is 0 Å². The first-order chi connectivity index (χ1) is 9.78. The summed E-state index contributed by atoms with van der Waals surface area (Å²) in [5, 5.41) is 1.13. The van der Waals surface area contributed by atoms with Crippen LogP contribution in [0.4, 0.5) is 5.69 Å². The fourth-order valence-corrected chi connectivity index (χ4v) is 3.29. The lowest BCUT2D eigenvalue weighted by Gasteiger charge is -2.12. The fraction of sp³-hybridized carbons (Fsp3) is 0.500. The van der Waals surface area contributed by atoms with Crippen molar-refractivity contribution in [3.63, 3.8) is 0 Å². The van der Waals surface area contributed by atoms with Crippen LogP contribution in [0, 0.1) is 0 Å². The zero-order chi connectivity index (χ0) is 13.9. The molecule has 1 fully saturated rings. The number of hydrogen-bond donors (Lipinski definition) is 1. The molecule has 0 bridgehead atoms. The van der Waals surface area contributed by atoms with E-state index in [1.165, 1.54) is 49.8 Å². The van der Waals surface area contributed by atoms with E-state index >= 15 is 0 Å². The van der Waals surface area contributed by atoms with E-state index < -0.39 is 0 Å². The van der Waals surface area contributed by atoms with Gasteiger partial charge in [0.05, 0.1) is 5.52 Å². The quantitative estimate of drug-likeness (QED) is 0.863. The third kappa shape index (κ3) is 2.65. The molecule has 0 atom stereocenters. The molecule has 106 valence electrons. The van der Waals surface area contributed by atoms with Gasteiger partial charge in [0.1, 0.15) is 0 Å². The Balaban J connectivity index is 1.96. The fourth-order valence-electron chi connectivity index (χ4n) is 3.29. The molecule has 2 N–H and O–H groups in total. The molecule has 20 heavy (non-hydrogen) atoms. The van der Waals surface area contributed by atoms with Crippen LogP contribution in [-0.4, -0.2) is 4.98 Å². The Hall–Kier alpha value is -1.57. The van der Waals surface area contributed by atoms with Gasteiger partial charge in [-0.25, -0.2) is 0 Å². The second-order valence-corrected chi connectivity index (χ2v) is 6.07. The first-order valence-corrected chi connectivity index (χ1v) is 7.97. The predicted octanol–water partition coefficient (Wildman–Crippen LogP) is 4.82. The van der Waals surface area contributed by atoms with Gasteiger partial charge in [-0.1, -0.05) is 32.3 Å². The number of rotatable bonds is 4. The average Bonchev–Trinajstić information content (AvgIpc) is 2.99. The first-order valence-electron chi connectivity index (χ1n) is 7.97. The Bertz CT molecular complexity index is 598. The highest BCUT2D eigenvalue weighted by atomic mass is 14.7. The lowest BCUT2D eigenvalue weighted by Crippen LogP contribution is -2.00. The number of anilines is 1. The molecule has 0 radical (unpaired) electrons. The largest absolute Gasteiger partial charge is 0.398 e. The van der Waals surface area contributed by atoms with Gasteiger partial charge in [-0.3, -0.25) is 4.98 Å². The van der Waals surface area contributed by atoms with Gasteiger partial charge in [0.15, 0.2) is 0 Å². The van der Waals surface area contributed by atoms with Gasteiger partial charge in [0.2, 0.25) is 0 Å². The van der Waals surface area contributed by atoms with E-state index in [1.54, 1.807) is 0 Å². The molecule has 2 heteroatoms. The second-order valence-electron chi connectivity index (χ2n) is 6.07. The summed E-state index contributed by atoms with van der Waals surface area (Å²) in [6.45, 7) is 2.23. The predicted molar refractivity (Wildman–Crippen MR) is 86.0 cm³/mol. The molecule has 1 heterocycles. The minimum atomic E-state index is 0.626. The summed E-state index contributed by atoms with van der Waals surface area (Å²) in [6.07, 6.45) is 8.81. The maximum Gasteiger partial charge on any atom is 0.0726 e. The third-order valence-electron chi connectivity index (χ3n) is 4.52. The van der Waals surface area contributed by atoms with Gasteiger partial charge in [0, 0.05) is 22.7 Å². The molecular formula is C18H24N2. The molecule has 1 aliphatic carbocycles. The SMILES string of the molecule is CCCCc1ccc2nc(C3CCCC3)cc(N)c2c1. The number of unbranched alkanes of at least 4 members (excludes halogenated alkanes) is 1. The first kappa shape index (κ1) is 13.4. The molecule has 0 saturated heterocycles. The number of nitrogens with two attached hydrogens (primary N) is 1. The average molecular weight is 268 g/mol. The molecular weight excluding hydrogens is 244 g/mol. The van der Waals surface area contributed by atoms with Crippen LogP contribution >= 0.6 is 0 Å². The Morgan fingerprint density at radius 2 is 2.00 bits per heavy atom. The summed E-state index contributed by atoms with van der Waals surface area (Å²) in [4.78, 5) is 4.86. The molecule has 1 aliphatic rings. The second kappa shape index (κ2) is 5.82. The summed E-state index contributed by atoms with van der Waals surface area (Å²) < 4.78 is 0. The van der Waals surface area contributed by atoms with Crippen LogP contribution in [0.1, 0.15) is 62.6 Å². The van der Waals surface area contributed by atoms with E-state index in [1.807, 2.05) is 0 Å². The lowest BCUT2D eigenvalue weighted by atomic mass is 10.00. The van der Waals surface area contributed by atoms with Crippen molar-refractivity contribution in [1.82, 2.24) is 4.98 Å². The highest BCUT2D eigenvalue weighted by molar-refractivity contribution is 5.90. The van der Waals surface area contributed by atoms with Crippen LogP contribution in [0.3, 0.4) is 0 Å². The van der Waals surface area contributed by atoms with Gasteiger partial charge >= 0.3 is 0 Å². The number of aromatic nitrogens is 1. The number of hydrogen-bond acceptors (Lipinski definition) is 2. The van der Waals surface area contributed by atoms with Crippen LogP contribution < -0.4 is 5.73 Å². The van der Waals surface area contributed by atoms with E-state index in [0.29, 0.717) is 5.92 Å². The molecule has 1 saturated carbocycles. The molecule has 1 aromatic heterocycles. The monoisotopic (exact) mass is 268 g/mol. The van der Waals surface area contributed by atoms with Crippen LogP contribution in [0.15, 0.2) is 24.3 Å². The standard InChI is InChI=1S/C18H24N2/c1-2-3-6-13-9-10-17-15(11-13)16(19)12-18(20-17)14-7-4-5-8-14/h9-12,14H,2-8H2,1H3,(H2,19,20). The van der Waals surface area contributed by atoms with Gasteiger partial charge in [-0.05, 0) is 49.4 Å². The van der Waals surface area contributed by atoms with Crippen LogP contribution in [-0.2, 0) is 6.42 Å². The van der Waals surface area contributed by atoms with Crippen molar-refractivity contribution < 1.29 is 0 Å². The van der Waals surface area contributed by atoms with Gasteiger partial charge in [0.25, 0.3) is 0 Å². The topological polar surface area (TPSA) is 38.9 Å². The van der Waals surface area contributed by atoms with E-state index in [0.717, 1.165) is 23.0 Å². The highest BCUT2D eigenvalue weighted by Crippen LogP contribution is 2.35. The molecule has 1 aromatic carbocycles. The van der Waals surface area contributed by atoms with Crippen molar-refractivity contribution in [2.45, 2.75) is 57.8 Å². The Morgan fingerprint density at radius 1 is 1.20 bits per heavy atom. The smallest absolute Gasteiger partial charge is 0.0726 e. The van der Waals surface area contributed by atoms with E-state index in [9.17, 15) is 0 Å². The minimum absolute atomic E-state index is 0.626. The zero-order valence-electron chi connectivity index (χ0n) is 12.4. The van der Waals surface area contributed by atoms with Crippen molar-refractivity contribution in [3.8, 4) is 0 Å². The van der Waals surface area contributed by atoms with Crippen molar-refractivity contribution in [3.05, 3.63) is 35.5 Å². The molecule has 0 aliphatic heterocycles. The molecule has 0 unspecified atom stereocenters. The van der Waals surface area contributed by atoms with Gasteiger partial charge in [-0.15, -0.1) is 0 Å². The number of fused-ring (bicyclic) bond motifs is 1. The van der Waals surface area contributed by atoms with Crippen LogP contribution in [0.5, 0.6) is 0 Å². The summed E-state index contributed by atoms with van der Waals surface area (Å²) in [7, 11) is 0. The van der Waals surface area contributed by atoms with Crippen LogP contribution in [0.25, 0.3) is 10.9 Å². The zero-order valence-corrected chi connectivity index (χ0v) is 12.4. The summed E-state index contributed by atoms with van der Waals surface area (Å²) >= 11 is 0. The summed E-state index contributed by atoms with van der Waals surface area (Å²) in [5.74, 6) is 0.626. The van der Waals surface area contributed by atoms with E-state index in [2.05, 4.69) is 31.2 Å². The van der Waals surface area contributed by atoms with Gasteiger partial charge < -0.3 is 5.73 Å². The Kier molecular flexibility index (Phi) is 3.90. The van der Waals surface area contributed by atoms with E-state index in [-0.39, 0.29) is 0 Å². The van der Waals surface area contributed by atoms with Crippen molar-refractivity contribution in [2.75, 3.05) is 5.73 Å². The molecule has 2 nitrogen and oxygen atoms in total. The normalized spacial score (nSPS) is 16.1. The Labute approximate surface area is 121 Å². The van der Waals surface area contributed by atoms with Crippen molar-refractivity contribution in [2.24, 2.45) is 0 Å². The summed E-state index contributed by atoms with van der Waals surface area (Å²) in [6, 6.07) is 8.70. The van der Waals surface area contributed by atoms with Crippen molar-refractivity contribution >= 4 is 16.6 Å². The number of nitrogen functional groups attached to an aromatic ring is 1. The number of nitrogens with zero attached hydrogens (tertiary/aromatic N) is 1. The van der Waals surface area contributed by atoms with Crippen LogP contribution in [0.2, 0.25) is 0 Å². The molecule has 0 spiro atoms. The lowest BCUT2D eigenvalue weighted by molar-refractivity contribution is 0.701. The minimum Gasteiger partial charge on any atom is -0.398 e. The molecule has 0 amide bonds. The maximum atomic E-state index is 6.28. The highest BCUT2D eigenvalue weighted by Gasteiger charge is 2.19. The third-order valence-corrected chi connectivity index (χ3v) is 4.52. The number of aryl methyl sites for hydroxylation is 1. The number of benzene rings is 1. The molecule has 2 aromatic rings. The maximum absolute atomic E-state index is 6.28. The molecule has 3 rings (SSSR count). The van der Waals surface area contributed by atoms with Gasteiger partial charge in [-0.2, -0.15) is 0 Å². The Morgan fingerprint density at radius 3 is 2.75 bits per heavy atom. The number of pyridine rings is 1. The van der Waals surface area contributed by atoms with E-state index in [4.69, 9.17) is 10.7 Å². The summed E-state index contributed by atoms with van der Waals surface area (Å²) in [5.41, 5.74) is 10.8.